The van der Waals surface area contributed by atoms with Gasteiger partial charge in [-0.2, -0.15) is 0 Å². The summed E-state index contributed by atoms with van der Waals surface area (Å²) in [6.45, 7) is 5.24. The summed E-state index contributed by atoms with van der Waals surface area (Å²) >= 11 is 0. The van der Waals surface area contributed by atoms with Crippen molar-refractivity contribution in [1.29, 1.82) is 0 Å². The summed E-state index contributed by atoms with van der Waals surface area (Å²) in [6.07, 6.45) is 3.09. The van der Waals surface area contributed by atoms with Gasteiger partial charge in [-0.15, -0.1) is 12.4 Å². The molecule has 4 rings (SSSR count). The number of benzene rings is 3. The summed E-state index contributed by atoms with van der Waals surface area (Å²) in [7, 11) is 0. The van der Waals surface area contributed by atoms with Crippen LogP contribution in [0.25, 0.3) is 0 Å². The zero-order valence-electron chi connectivity index (χ0n) is 23.7. The Morgan fingerprint density at radius 2 is 1.51 bits per heavy atom. The smallest absolute Gasteiger partial charge is 0.293 e. The maximum Gasteiger partial charge on any atom is 0.293 e. The number of carbonyl (C=O) groups excluding carboxylic acids is 3. The molecule has 218 valence electrons. The van der Waals surface area contributed by atoms with Crippen LogP contribution in [0.4, 0.5) is 0 Å². The second kappa shape index (κ2) is 15.4. The fourth-order valence-electron chi connectivity index (χ4n) is 5.04. The van der Waals surface area contributed by atoms with Crippen LogP contribution in [0.15, 0.2) is 78.9 Å². The topological polar surface area (TPSA) is 111 Å². The van der Waals surface area contributed by atoms with Gasteiger partial charge >= 0.3 is 0 Å². The number of ketones is 1. The largest absolute Gasteiger partial charge is 0.489 e. The van der Waals surface area contributed by atoms with Crippen molar-refractivity contribution in [2.24, 2.45) is 17.6 Å². The van der Waals surface area contributed by atoms with E-state index in [1.165, 1.54) is 0 Å². The van der Waals surface area contributed by atoms with E-state index in [0.717, 1.165) is 36.0 Å². The van der Waals surface area contributed by atoms with Crippen molar-refractivity contribution in [3.8, 4) is 5.75 Å². The molecular weight excluding hydrogens is 538 g/mol. The highest BCUT2D eigenvalue weighted by atomic mass is 35.5. The molecule has 0 radical (unpaired) electrons. The van der Waals surface area contributed by atoms with E-state index in [9.17, 15) is 14.4 Å². The third-order valence-electron chi connectivity index (χ3n) is 7.84. The Kier molecular flexibility index (Phi) is 11.9. The Morgan fingerprint density at radius 3 is 2.15 bits per heavy atom. The lowest BCUT2D eigenvalue weighted by atomic mass is 9.79. The van der Waals surface area contributed by atoms with Gasteiger partial charge in [0.1, 0.15) is 18.4 Å². The van der Waals surface area contributed by atoms with Gasteiger partial charge in [-0.25, -0.2) is 0 Å². The maximum atomic E-state index is 13.4. The molecule has 0 saturated heterocycles. The summed E-state index contributed by atoms with van der Waals surface area (Å²) in [4.78, 5) is 39.3. The van der Waals surface area contributed by atoms with Crippen molar-refractivity contribution in [2.45, 2.75) is 64.8 Å². The van der Waals surface area contributed by atoms with E-state index in [2.05, 4.69) is 24.5 Å². The molecule has 4 N–H and O–H groups in total. The van der Waals surface area contributed by atoms with Gasteiger partial charge < -0.3 is 21.1 Å². The van der Waals surface area contributed by atoms with Gasteiger partial charge in [-0.05, 0) is 59.9 Å². The molecule has 0 aromatic heterocycles. The van der Waals surface area contributed by atoms with E-state index < -0.39 is 17.7 Å². The van der Waals surface area contributed by atoms with Crippen LogP contribution in [0.3, 0.4) is 0 Å². The first-order valence-electron chi connectivity index (χ1n) is 14.0. The van der Waals surface area contributed by atoms with E-state index in [0.29, 0.717) is 30.7 Å². The fraction of sp³-hybridized carbons (Fsp3) is 0.364. The lowest BCUT2D eigenvalue weighted by Crippen LogP contribution is -2.53. The van der Waals surface area contributed by atoms with Crippen LogP contribution in [-0.4, -0.2) is 29.7 Å². The molecule has 4 atom stereocenters. The van der Waals surface area contributed by atoms with Crippen LogP contribution in [0.2, 0.25) is 0 Å². The second-order valence-corrected chi connectivity index (χ2v) is 10.9. The van der Waals surface area contributed by atoms with E-state index >= 15 is 0 Å². The van der Waals surface area contributed by atoms with Gasteiger partial charge in [0.2, 0.25) is 11.7 Å². The molecule has 0 bridgehead atoms. The van der Waals surface area contributed by atoms with Crippen molar-refractivity contribution >= 4 is 30.0 Å². The predicted octanol–water partition coefficient (Wildman–Crippen LogP) is 5.00. The van der Waals surface area contributed by atoms with Crippen LogP contribution in [-0.2, 0) is 29.2 Å². The molecule has 0 heterocycles. The molecule has 0 spiro atoms. The van der Waals surface area contributed by atoms with Crippen LogP contribution in [0.5, 0.6) is 5.75 Å². The average molecular weight is 578 g/mol. The van der Waals surface area contributed by atoms with Crippen molar-refractivity contribution in [2.75, 3.05) is 0 Å². The second-order valence-electron chi connectivity index (χ2n) is 10.9. The Balaban J connectivity index is 0.00000462. The van der Waals surface area contributed by atoms with Crippen LogP contribution in [0.1, 0.15) is 60.2 Å². The van der Waals surface area contributed by atoms with Gasteiger partial charge in [-0.3, -0.25) is 14.4 Å². The van der Waals surface area contributed by atoms with E-state index in [-0.39, 0.29) is 36.3 Å². The first-order chi connectivity index (χ1) is 19.3. The lowest BCUT2D eigenvalue weighted by molar-refractivity contribution is -0.128. The van der Waals surface area contributed by atoms with E-state index in [1.807, 2.05) is 54.6 Å². The van der Waals surface area contributed by atoms with Crippen molar-refractivity contribution in [1.82, 2.24) is 10.6 Å². The number of carbonyl (C=O) groups is 3. The standard InChI is InChI=1S/C33H39N3O4.ClH/c1-22-8-15-28(18-23(22)2)35-32(38)30(36-33(39)31(37)27-13-9-25(20-34)10-14-27)19-24-11-16-29(17-12-24)40-21-26-6-4-3-5-7-26;/h3-7,9-14,16-17,22-23,28,30H,8,15,18-21,34H2,1-2H3,(H,35,38)(H,36,39);1H/t22?,23?,28?,30-;/m0./s1. The number of halogens is 1. The minimum atomic E-state index is -0.898. The highest BCUT2D eigenvalue weighted by Gasteiger charge is 2.30. The highest BCUT2D eigenvalue weighted by molar-refractivity contribution is 6.43. The van der Waals surface area contributed by atoms with Gasteiger partial charge in [0.15, 0.2) is 0 Å². The van der Waals surface area contributed by atoms with Gasteiger partial charge in [0, 0.05) is 24.6 Å². The number of nitrogens with two attached hydrogens (primary N) is 1. The molecule has 3 unspecified atom stereocenters. The van der Waals surface area contributed by atoms with Crippen molar-refractivity contribution in [3.05, 3.63) is 101 Å². The lowest BCUT2D eigenvalue weighted by Gasteiger charge is -2.33. The normalized spacial score (nSPS) is 18.9. The Morgan fingerprint density at radius 1 is 0.854 bits per heavy atom. The number of rotatable bonds is 11. The molecule has 7 nitrogen and oxygen atoms in total. The summed E-state index contributed by atoms with van der Waals surface area (Å²) in [6, 6.07) is 23.1. The van der Waals surface area contributed by atoms with Crippen LogP contribution in [0, 0.1) is 11.8 Å². The minimum Gasteiger partial charge on any atom is -0.489 e. The molecule has 3 aromatic carbocycles. The van der Waals surface area contributed by atoms with E-state index in [1.54, 1.807) is 24.3 Å². The maximum absolute atomic E-state index is 13.4. The summed E-state index contributed by atoms with van der Waals surface area (Å²) < 4.78 is 5.88. The molecule has 1 saturated carbocycles. The minimum absolute atomic E-state index is 0. The molecule has 1 aliphatic rings. The first kappa shape index (κ1) is 31.8. The SMILES string of the molecule is CC1CCC(NC(=O)[C@H](Cc2ccc(OCc3ccccc3)cc2)NC(=O)C(=O)c2ccc(CN)cc2)CC1C.Cl. The Labute approximate surface area is 248 Å². The summed E-state index contributed by atoms with van der Waals surface area (Å²) in [5.41, 5.74) is 8.67. The third kappa shape index (κ3) is 9.17. The van der Waals surface area contributed by atoms with Crippen molar-refractivity contribution < 1.29 is 19.1 Å². The third-order valence-corrected chi connectivity index (χ3v) is 7.84. The van der Waals surface area contributed by atoms with E-state index in [4.69, 9.17) is 10.5 Å². The number of amides is 2. The summed E-state index contributed by atoms with van der Waals surface area (Å²) in [5.74, 6) is 0.0539. The number of hydrogen-bond acceptors (Lipinski definition) is 5. The molecule has 1 fully saturated rings. The molecule has 41 heavy (non-hydrogen) atoms. The fourth-order valence-corrected chi connectivity index (χ4v) is 5.04. The van der Waals surface area contributed by atoms with Gasteiger partial charge in [-0.1, -0.05) is 80.6 Å². The molecule has 1 aliphatic carbocycles. The van der Waals surface area contributed by atoms with Gasteiger partial charge in [0.05, 0.1) is 0 Å². The quantitative estimate of drug-likeness (QED) is 0.219. The number of Topliss-reactive ketones (excluding diaryl/α,β-unsaturated/α-hetero) is 1. The monoisotopic (exact) mass is 577 g/mol. The molecular formula is C33H40ClN3O4. The number of ether oxygens (including phenoxy) is 1. The zero-order valence-corrected chi connectivity index (χ0v) is 24.5. The number of hydrogen-bond donors (Lipinski definition) is 3. The summed E-state index contributed by atoms with van der Waals surface area (Å²) in [5, 5.41) is 5.84. The average Bonchev–Trinajstić information content (AvgIpc) is 2.98. The molecule has 3 aromatic rings. The predicted molar refractivity (Wildman–Crippen MR) is 163 cm³/mol. The zero-order chi connectivity index (χ0) is 28.5. The number of nitrogens with one attached hydrogen (secondary N) is 2. The Bertz CT molecular complexity index is 1280. The highest BCUT2D eigenvalue weighted by Crippen LogP contribution is 2.29. The van der Waals surface area contributed by atoms with Crippen LogP contribution < -0.4 is 21.1 Å². The van der Waals surface area contributed by atoms with Crippen LogP contribution >= 0.6 is 12.4 Å². The molecule has 8 heteroatoms. The molecule has 2 amide bonds. The van der Waals surface area contributed by atoms with Gasteiger partial charge in [0.25, 0.3) is 5.91 Å². The first-order valence-corrected chi connectivity index (χ1v) is 14.0. The molecule has 0 aliphatic heterocycles. The van der Waals surface area contributed by atoms with Crippen molar-refractivity contribution in [3.63, 3.8) is 0 Å². The Hall–Kier alpha value is -3.68.